The Hall–Kier alpha value is -0.900. The molecule has 1 fully saturated rings. The Morgan fingerprint density at radius 1 is 1.58 bits per heavy atom. The molecule has 0 aromatic rings. The predicted molar refractivity (Wildman–Crippen MR) is 42.6 cm³/mol. The molecule has 1 unspecified atom stereocenters. The van der Waals surface area contributed by atoms with Crippen LogP contribution in [0, 0.1) is 5.92 Å². The summed E-state index contributed by atoms with van der Waals surface area (Å²) in [6.07, 6.45) is 0.768. The molecule has 68 valence electrons. The lowest BCUT2D eigenvalue weighted by Gasteiger charge is -2.06. The molecule has 1 aliphatic heterocycles. The summed E-state index contributed by atoms with van der Waals surface area (Å²) in [5.74, 6) is -0.144. The van der Waals surface area contributed by atoms with E-state index in [2.05, 4.69) is 5.32 Å². The molecule has 0 bridgehead atoms. The van der Waals surface area contributed by atoms with E-state index in [-0.39, 0.29) is 24.2 Å². The van der Waals surface area contributed by atoms with E-state index in [9.17, 15) is 9.59 Å². The van der Waals surface area contributed by atoms with Gasteiger partial charge in [0.25, 0.3) is 0 Å². The van der Waals surface area contributed by atoms with Crippen LogP contribution in [0.1, 0.15) is 13.3 Å². The Kier molecular flexibility index (Phi) is 3.22. The fraction of sp³-hybridized carbons (Fsp3) is 0.750. The summed E-state index contributed by atoms with van der Waals surface area (Å²) in [7, 11) is 0. The van der Waals surface area contributed by atoms with Crippen LogP contribution in [0.3, 0.4) is 0 Å². The number of hydrogen-bond donors (Lipinski definition) is 1. The van der Waals surface area contributed by atoms with Crippen LogP contribution in [-0.2, 0) is 14.3 Å². The number of nitrogens with one attached hydrogen (secondary N) is 1. The number of carbonyl (C=O) groups excluding carboxylic acids is 2. The van der Waals surface area contributed by atoms with Gasteiger partial charge in [-0.3, -0.25) is 9.59 Å². The van der Waals surface area contributed by atoms with Crippen molar-refractivity contribution in [1.82, 2.24) is 5.32 Å². The highest BCUT2D eigenvalue weighted by atomic mass is 16.5. The minimum atomic E-state index is -0.0669. The maximum atomic E-state index is 11.2. The van der Waals surface area contributed by atoms with Gasteiger partial charge in [0.1, 0.15) is 5.78 Å². The zero-order valence-corrected chi connectivity index (χ0v) is 7.13. The number of ketones is 1. The monoisotopic (exact) mass is 171 g/mol. The highest BCUT2D eigenvalue weighted by molar-refractivity contribution is 5.85. The van der Waals surface area contributed by atoms with Crippen molar-refractivity contribution in [2.75, 3.05) is 19.8 Å². The van der Waals surface area contributed by atoms with Crippen molar-refractivity contribution < 1.29 is 14.3 Å². The molecule has 0 spiro atoms. The molecule has 0 radical (unpaired) electrons. The van der Waals surface area contributed by atoms with Crippen LogP contribution in [0.15, 0.2) is 0 Å². The Labute approximate surface area is 71.3 Å². The summed E-state index contributed by atoms with van der Waals surface area (Å²) in [6, 6.07) is 0. The summed E-state index contributed by atoms with van der Waals surface area (Å²) in [5.41, 5.74) is 0. The molecular formula is C8H13NO3. The van der Waals surface area contributed by atoms with E-state index in [1.54, 1.807) is 0 Å². The van der Waals surface area contributed by atoms with Gasteiger partial charge in [0, 0.05) is 6.61 Å². The zero-order valence-electron chi connectivity index (χ0n) is 7.13. The molecule has 0 aliphatic carbocycles. The van der Waals surface area contributed by atoms with E-state index >= 15 is 0 Å². The van der Waals surface area contributed by atoms with E-state index in [0.29, 0.717) is 13.2 Å². The number of ether oxygens (including phenoxy) is 1. The summed E-state index contributed by atoms with van der Waals surface area (Å²) < 4.78 is 5.04. The summed E-state index contributed by atoms with van der Waals surface area (Å²) in [6.45, 7) is 2.72. The third-order valence-electron chi connectivity index (χ3n) is 1.81. The second kappa shape index (κ2) is 4.21. The van der Waals surface area contributed by atoms with Crippen LogP contribution in [0.25, 0.3) is 0 Å². The SMILES string of the molecule is CC(=O)CNC(=O)C1CCOC1. The highest BCUT2D eigenvalue weighted by Gasteiger charge is 2.22. The number of hydrogen-bond acceptors (Lipinski definition) is 3. The van der Waals surface area contributed by atoms with Crippen LogP contribution in [0.5, 0.6) is 0 Å². The van der Waals surface area contributed by atoms with E-state index in [0.717, 1.165) is 6.42 Å². The van der Waals surface area contributed by atoms with Crippen LogP contribution in [0.2, 0.25) is 0 Å². The Morgan fingerprint density at radius 3 is 2.83 bits per heavy atom. The maximum absolute atomic E-state index is 11.2. The largest absolute Gasteiger partial charge is 0.381 e. The molecule has 0 aromatic heterocycles. The zero-order chi connectivity index (χ0) is 8.97. The second-order valence-corrected chi connectivity index (χ2v) is 2.98. The molecule has 1 aliphatic rings. The Balaban J connectivity index is 2.23. The van der Waals surface area contributed by atoms with Crippen molar-refractivity contribution in [3.8, 4) is 0 Å². The second-order valence-electron chi connectivity index (χ2n) is 2.98. The minimum absolute atomic E-state index is 0.0257. The molecule has 1 rings (SSSR count). The molecule has 1 heterocycles. The highest BCUT2D eigenvalue weighted by Crippen LogP contribution is 2.11. The Morgan fingerprint density at radius 2 is 2.33 bits per heavy atom. The van der Waals surface area contributed by atoms with Gasteiger partial charge in [-0.15, -0.1) is 0 Å². The first-order valence-electron chi connectivity index (χ1n) is 4.05. The summed E-state index contributed by atoms with van der Waals surface area (Å²) >= 11 is 0. The first-order valence-corrected chi connectivity index (χ1v) is 4.05. The fourth-order valence-corrected chi connectivity index (χ4v) is 1.10. The maximum Gasteiger partial charge on any atom is 0.225 e. The van der Waals surface area contributed by atoms with Gasteiger partial charge in [0.2, 0.25) is 5.91 Å². The smallest absolute Gasteiger partial charge is 0.225 e. The fourth-order valence-electron chi connectivity index (χ4n) is 1.10. The number of Topliss-reactive ketones (excluding diaryl/α,β-unsaturated/α-hetero) is 1. The minimum Gasteiger partial charge on any atom is -0.381 e. The average Bonchev–Trinajstić information content (AvgIpc) is 2.51. The molecule has 4 nitrogen and oxygen atoms in total. The molecule has 0 saturated carbocycles. The summed E-state index contributed by atoms with van der Waals surface area (Å²) in [4.78, 5) is 21.7. The molecule has 1 saturated heterocycles. The molecular weight excluding hydrogens is 158 g/mol. The number of amides is 1. The van der Waals surface area contributed by atoms with Gasteiger partial charge < -0.3 is 10.1 Å². The van der Waals surface area contributed by atoms with Gasteiger partial charge in [0.15, 0.2) is 0 Å². The molecule has 1 N–H and O–H groups in total. The first kappa shape index (κ1) is 9.19. The van der Waals surface area contributed by atoms with E-state index in [1.165, 1.54) is 6.92 Å². The molecule has 0 aromatic carbocycles. The van der Waals surface area contributed by atoms with Gasteiger partial charge in [-0.1, -0.05) is 0 Å². The number of rotatable bonds is 3. The van der Waals surface area contributed by atoms with Crippen molar-refractivity contribution in [2.24, 2.45) is 5.92 Å². The molecule has 1 atom stereocenters. The standard InChI is InChI=1S/C8H13NO3/c1-6(10)4-9-8(11)7-2-3-12-5-7/h7H,2-5H2,1H3,(H,9,11). The van der Waals surface area contributed by atoms with Gasteiger partial charge in [-0.25, -0.2) is 0 Å². The third-order valence-corrected chi connectivity index (χ3v) is 1.81. The lowest BCUT2D eigenvalue weighted by molar-refractivity contribution is -0.127. The third kappa shape index (κ3) is 2.62. The molecule has 4 heteroatoms. The van der Waals surface area contributed by atoms with Crippen LogP contribution in [-0.4, -0.2) is 31.4 Å². The van der Waals surface area contributed by atoms with E-state index < -0.39 is 0 Å². The summed E-state index contributed by atoms with van der Waals surface area (Å²) in [5, 5.41) is 2.56. The quantitative estimate of drug-likeness (QED) is 0.635. The molecule has 12 heavy (non-hydrogen) atoms. The van der Waals surface area contributed by atoms with E-state index in [1.807, 2.05) is 0 Å². The van der Waals surface area contributed by atoms with Gasteiger partial charge >= 0.3 is 0 Å². The van der Waals surface area contributed by atoms with E-state index in [4.69, 9.17) is 4.74 Å². The predicted octanol–water partition coefficient (Wildman–Crippen LogP) is -0.272. The van der Waals surface area contributed by atoms with Crippen LogP contribution >= 0.6 is 0 Å². The van der Waals surface area contributed by atoms with Crippen LogP contribution in [0.4, 0.5) is 0 Å². The average molecular weight is 171 g/mol. The van der Waals surface area contributed by atoms with Crippen molar-refractivity contribution in [3.05, 3.63) is 0 Å². The van der Waals surface area contributed by atoms with Gasteiger partial charge in [-0.2, -0.15) is 0 Å². The van der Waals surface area contributed by atoms with Crippen molar-refractivity contribution in [2.45, 2.75) is 13.3 Å². The van der Waals surface area contributed by atoms with Crippen molar-refractivity contribution in [1.29, 1.82) is 0 Å². The molecule has 1 amide bonds. The van der Waals surface area contributed by atoms with Crippen molar-refractivity contribution >= 4 is 11.7 Å². The van der Waals surface area contributed by atoms with Crippen LogP contribution < -0.4 is 5.32 Å². The van der Waals surface area contributed by atoms with Gasteiger partial charge in [0.05, 0.1) is 19.1 Å². The number of carbonyl (C=O) groups is 2. The Bertz CT molecular complexity index is 185. The topological polar surface area (TPSA) is 55.4 Å². The van der Waals surface area contributed by atoms with Crippen molar-refractivity contribution in [3.63, 3.8) is 0 Å². The normalized spacial score (nSPS) is 22.2. The van der Waals surface area contributed by atoms with Gasteiger partial charge in [-0.05, 0) is 13.3 Å². The lowest BCUT2D eigenvalue weighted by Crippen LogP contribution is -2.34. The lowest BCUT2D eigenvalue weighted by atomic mass is 10.1. The first-order chi connectivity index (χ1) is 5.70.